The van der Waals surface area contributed by atoms with Crippen LogP contribution in [0.4, 0.5) is 13.2 Å². The minimum atomic E-state index is -4.26. The summed E-state index contributed by atoms with van der Waals surface area (Å²) >= 11 is 0. The third-order valence-corrected chi connectivity index (χ3v) is 1.22. The topological polar surface area (TPSA) is 30.0 Å². The van der Waals surface area contributed by atoms with Gasteiger partial charge in [0.15, 0.2) is 0 Å². The first-order valence-corrected chi connectivity index (χ1v) is 3.81. The fourth-order valence-electron chi connectivity index (χ4n) is 0.722. The van der Waals surface area contributed by atoms with Gasteiger partial charge in [0, 0.05) is 11.9 Å². The lowest BCUT2D eigenvalue weighted by molar-refractivity contribution is -0.137. The molecule has 2 nitrogen and oxygen atoms in total. The van der Waals surface area contributed by atoms with Crippen molar-refractivity contribution < 1.29 is 18.0 Å². The number of nitrogens with zero attached hydrogens (tertiary/aromatic N) is 1. The van der Waals surface area contributed by atoms with Crippen LogP contribution in [0.5, 0.6) is 0 Å². The average Bonchev–Trinajstić information content (AvgIpc) is 2.04. The zero-order valence-corrected chi connectivity index (χ0v) is 7.80. The van der Waals surface area contributed by atoms with Gasteiger partial charge in [-0.2, -0.15) is 13.2 Å². The van der Waals surface area contributed by atoms with E-state index in [2.05, 4.69) is 4.98 Å². The number of hydrogen-bond donors (Lipinski definition) is 0. The second-order valence-electron chi connectivity index (χ2n) is 2.42. The lowest BCUT2D eigenvalue weighted by Crippen LogP contribution is -2.05. The van der Waals surface area contributed by atoms with Gasteiger partial charge in [-0.05, 0) is 26.0 Å². The number of hydrogen-bond acceptors (Lipinski definition) is 2. The summed E-state index contributed by atoms with van der Waals surface area (Å²) in [5.41, 5.74) is -0.273. The van der Waals surface area contributed by atoms with E-state index in [-0.39, 0.29) is 0 Å². The third-order valence-electron chi connectivity index (χ3n) is 1.22. The van der Waals surface area contributed by atoms with Gasteiger partial charge in [0.2, 0.25) is 0 Å². The van der Waals surface area contributed by atoms with E-state index in [1.807, 2.05) is 0 Å². The standard InChI is InChI=1S/C7H6F3N.C2H4O/c1-5-4-6(2-3-11-5)7(8,9)10;1-2-3/h2-4H,1H3;2H,1H3. The van der Waals surface area contributed by atoms with E-state index in [0.717, 1.165) is 24.6 Å². The minimum absolute atomic E-state index is 0.375. The molecule has 1 aromatic rings. The van der Waals surface area contributed by atoms with Crippen molar-refractivity contribution in [2.75, 3.05) is 0 Å². The molecule has 0 unspecified atom stereocenters. The molecule has 1 rings (SSSR count). The zero-order chi connectivity index (χ0) is 11.2. The molecule has 0 saturated heterocycles. The molecule has 0 bridgehead atoms. The van der Waals surface area contributed by atoms with Crippen molar-refractivity contribution >= 4 is 6.29 Å². The minimum Gasteiger partial charge on any atom is -0.304 e. The van der Waals surface area contributed by atoms with Gasteiger partial charge in [0.05, 0.1) is 5.56 Å². The highest BCUT2D eigenvalue weighted by molar-refractivity contribution is 5.44. The number of halogens is 3. The van der Waals surface area contributed by atoms with Crippen molar-refractivity contribution in [3.63, 3.8) is 0 Å². The van der Waals surface area contributed by atoms with Crippen molar-refractivity contribution in [3.8, 4) is 0 Å². The molecule has 14 heavy (non-hydrogen) atoms. The average molecular weight is 205 g/mol. The van der Waals surface area contributed by atoms with Crippen molar-refractivity contribution in [2.24, 2.45) is 0 Å². The van der Waals surface area contributed by atoms with Crippen LogP contribution in [0, 0.1) is 6.92 Å². The predicted molar refractivity (Wildman–Crippen MR) is 45.7 cm³/mol. The van der Waals surface area contributed by atoms with Crippen LogP contribution < -0.4 is 0 Å². The summed E-state index contributed by atoms with van der Waals surface area (Å²) in [6, 6.07) is 1.97. The molecule has 1 heterocycles. The summed E-state index contributed by atoms with van der Waals surface area (Å²) in [7, 11) is 0. The summed E-state index contributed by atoms with van der Waals surface area (Å²) in [6.45, 7) is 2.97. The Labute approximate surface area is 79.8 Å². The molecule has 0 saturated carbocycles. The molecule has 0 aliphatic rings. The molecular weight excluding hydrogens is 195 g/mol. The zero-order valence-electron chi connectivity index (χ0n) is 7.80. The van der Waals surface area contributed by atoms with E-state index >= 15 is 0 Å². The molecule has 0 aliphatic carbocycles. The number of aryl methyl sites for hydroxylation is 1. The lowest BCUT2D eigenvalue weighted by Gasteiger charge is -2.05. The Kier molecular flexibility index (Phi) is 4.83. The van der Waals surface area contributed by atoms with Crippen molar-refractivity contribution in [1.82, 2.24) is 4.98 Å². The van der Waals surface area contributed by atoms with Crippen molar-refractivity contribution in [2.45, 2.75) is 20.0 Å². The van der Waals surface area contributed by atoms with Crippen LogP contribution in [0.2, 0.25) is 0 Å². The summed E-state index contributed by atoms with van der Waals surface area (Å²) < 4.78 is 35.8. The Hall–Kier alpha value is -1.39. The molecule has 0 atom stereocenters. The van der Waals surface area contributed by atoms with Crippen LogP contribution in [0.25, 0.3) is 0 Å². The van der Waals surface area contributed by atoms with E-state index < -0.39 is 11.7 Å². The molecule has 78 valence electrons. The summed E-state index contributed by atoms with van der Waals surface area (Å²) in [6.07, 6.45) is -2.36. The Morgan fingerprint density at radius 3 is 2.21 bits per heavy atom. The first kappa shape index (κ1) is 12.6. The van der Waals surface area contributed by atoms with Crippen LogP contribution in [0.1, 0.15) is 18.2 Å². The highest BCUT2D eigenvalue weighted by Gasteiger charge is 2.30. The molecule has 0 aliphatic heterocycles. The smallest absolute Gasteiger partial charge is 0.304 e. The molecule has 0 N–H and O–H groups in total. The van der Waals surface area contributed by atoms with Gasteiger partial charge in [0.25, 0.3) is 0 Å². The number of pyridine rings is 1. The van der Waals surface area contributed by atoms with E-state index in [1.54, 1.807) is 0 Å². The van der Waals surface area contributed by atoms with Gasteiger partial charge in [0.1, 0.15) is 6.29 Å². The molecule has 0 fully saturated rings. The van der Waals surface area contributed by atoms with Crippen molar-refractivity contribution in [1.29, 1.82) is 0 Å². The van der Waals surface area contributed by atoms with Gasteiger partial charge in [-0.3, -0.25) is 4.98 Å². The third kappa shape index (κ3) is 4.59. The van der Waals surface area contributed by atoms with Gasteiger partial charge < -0.3 is 4.79 Å². The summed E-state index contributed by atoms with van der Waals surface area (Å²) in [5, 5.41) is 0. The molecule has 1 aromatic heterocycles. The van der Waals surface area contributed by atoms with Crippen molar-refractivity contribution in [3.05, 3.63) is 29.6 Å². The Morgan fingerprint density at radius 1 is 1.43 bits per heavy atom. The molecule has 0 aromatic carbocycles. The molecule has 5 heteroatoms. The fraction of sp³-hybridized carbons (Fsp3) is 0.333. The summed E-state index contributed by atoms with van der Waals surface area (Å²) in [4.78, 5) is 12.5. The van der Waals surface area contributed by atoms with Crippen LogP contribution in [0.15, 0.2) is 18.3 Å². The number of rotatable bonds is 0. The van der Waals surface area contributed by atoms with Crippen LogP contribution in [-0.2, 0) is 11.0 Å². The normalized spacial score (nSPS) is 10.1. The number of aldehydes is 1. The van der Waals surface area contributed by atoms with E-state index in [0.29, 0.717) is 5.69 Å². The van der Waals surface area contributed by atoms with Gasteiger partial charge in [-0.15, -0.1) is 0 Å². The van der Waals surface area contributed by atoms with E-state index in [9.17, 15) is 13.2 Å². The number of carbonyl (C=O) groups excluding carboxylic acids is 1. The molecule has 0 radical (unpaired) electrons. The maximum absolute atomic E-state index is 11.9. The van der Waals surface area contributed by atoms with Crippen LogP contribution >= 0.6 is 0 Å². The van der Waals surface area contributed by atoms with Gasteiger partial charge in [-0.25, -0.2) is 0 Å². The quantitative estimate of drug-likeness (QED) is 0.609. The predicted octanol–water partition coefficient (Wildman–Crippen LogP) is 2.61. The van der Waals surface area contributed by atoms with Gasteiger partial charge in [-0.1, -0.05) is 0 Å². The van der Waals surface area contributed by atoms with Gasteiger partial charge >= 0.3 is 6.18 Å². The van der Waals surface area contributed by atoms with Crippen LogP contribution in [0.3, 0.4) is 0 Å². The Balaban J connectivity index is 0.000000500. The Bertz CT molecular complexity index is 296. The highest BCUT2D eigenvalue weighted by atomic mass is 19.4. The molecule has 0 spiro atoms. The van der Waals surface area contributed by atoms with E-state index in [4.69, 9.17) is 4.79 Å². The molecule has 0 amide bonds. The number of carbonyl (C=O) groups is 1. The lowest BCUT2D eigenvalue weighted by atomic mass is 10.2. The maximum atomic E-state index is 11.9. The SMILES string of the molecule is CC=O.Cc1cc(C(F)(F)F)ccn1. The second-order valence-corrected chi connectivity index (χ2v) is 2.42. The highest BCUT2D eigenvalue weighted by Crippen LogP contribution is 2.28. The molecular formula is C9H10F3NO. The Morgan fingerprint density at radius 2 is 1.93 bits per heavy atom. The number of aromatic nitrogens is 1. The van der Waals surface area contributed by atoms with Crippen LogP contribution in [-0.4, -0.2) is 11.3 Å². The maximum Gasteiger partial charge on any atom is 0.416 e. The largest absolute Gasteiger partial charge is 0.416 e. The van der Waals surface area contributed by atoms with E-state index in [1.165, 1.54) is 13.8 Å². The summed E-state index contributed by atoms with van der Waals surface area (Å²) in [5.74, 6) is 0. The number of alkyl halides is 3. The first-order valence-electron chi connectivity index (χ1n) is 3.81. The fourth-order valence-corrected chi connectivity index (χ4v) is 0.722. The second kappa shape index (κ2) is 5.36. The monoisotopic (exact) mass is 205 g/mol. The first-order chi connectivity index (χ1) is 6.41.